The number of halogens is 1. The first-order chi connectivity index (χ1) is 10.5. The Bertz CT molecular complexity index is 711. The van der Waals surface area contributed by atoms with E-state index in [0.29, 0.717) is 11.4 Å². The van der Waals surface area contributed by atoms with Crippen LogP contribution in [-0.4, -0.2) is 19.2 Å². The predicted octanol–water partition coefficient (Wildman–Crippen LogP) is 3.95. The summed E-state index contributed by atoms with van der Waals surface area (Å²) in [5, 5.41) is 3.00. The number of hydrogen-bond donors (Lipinski definition) is 1. The van der Waals surface area contributed by atoms with Crippen LogP contribution in [0.2, 0.25) is 0 Å². The van der Waals surface area contributed by atoms with Crippen LogP contribution < -0.4 is 14.8 Å². The minimum Gasteiger partial charge on any atom is -0.454 e. The van der Waals surface area contributed by atoms with E-state index in [9.17, 15) is 4.79 Å². The van der Waals surface area contributed by atoms with Gasteiger partial charge in [0.05, 0.1) is 8.66 Å². The average Bonchev–Trinajstić information content (AvgIpc) is 3.12. The van der Waals surface area contributed by atoms with Crippen LogP contribution in [0.5, 0.6) is 11.5 Å². The molecule has 0 bridgehead atoms. The van der Waals surface area contributed by atoms with Crippen molar-refractivity contribution in [2.45, 2.75) is 19.3 Å². The normalized spacial score (nSPS) is 13.2. The molecule has 1 amide bonds. The molecule has 0 fully saturated rings. The van der Waals surface area contributed by atoms with Gasteiger partial charge in [-0.05, 0) is 45.8 Å². The molecule has 6 heteroatoms. The third-order valence-electron chi connectivity index (χ3n) is 3.64. The molecule has 4 nitrogen and oxygen atoms in total. The van der Waals surface area contributed by atoms with Gasteiger partial charge in [-0.2, -0.15) is 0 Å². The zero-order valence-corrected chi connectivity index (χ0v) is 14.7. The van der Waals surface area contributed by atoms with Gasteiger partial charge in [0.15, 0.2) is 11.5 Å². The van der Waals surface area contributed by atoms with Crippen molar-refractivity contribution in [2.75, 3.05) is 13.3 Å². The van der Waals surface area contributed by atoms with E-state index in [-0.39, 0.29) is 18.1 Å². The van der Waals surface area contributed by atoms with Crippen molar-refractivity contribution in [1.29, 1.82) is 0 Å². The fourth-order valence-electron chi connectivity index (χ4n) is 2.24. The van der Waals surface area contributed by atoms with Gasteiger partial charge in [0, 0.05) is 12.0 Å². The topological polar surface area (TPSA) is 47.6 Å². The minimum absolute atomic E-state index is 0.0514. The van der Waals surface area contributed by atoms with Crippen LogP contribution in [0.3, 0.4) is 0 Å². The maximum absolute atomic E-state index is 12.2. The summed E-state index contributed by atoms with van der Waals surface area (Å²) >= 11 is 4.80. The quantitative estimate of drug-likeness (QED) is 0.871. The van der Waals surface area contributed by atoms with E-state index in [1.807, 2.05) is 30.3 Å². The number of amides is 1. The summed E-state index contributed by atoms with van der Waals surface area (Å²) in [6.45, 7) is 4.99. The monoisotopic (exact) mass is 381 g/mol. The second-order valence-electron chi connectivity index (χ2n) is 5.74. The number of benzene rings is 1. The molecule has 0 aliphatic carbocycles. The maximum atomic E-state index is 12.2. The highest BCUT2D eigenvalue weighted by Gasteiger charge is 2.25. The molecule has 2 aromatic rings. The summed E-state index contributed by atoms with van der Waals surface area (Å²) in [5.74, 6) is 1.48. The van der Waals surface area contributed by atoms with Gasteiger partial charge in [0.2, 0.25) is 6.79 Å². The molecule has 0 spiro atoms. The molecule has 22 heavy (non-hydrogen) atoms. The third kappa shape index (κ3) is 3.13. The van der Waals surface area contributed by atoms with Crippen LogP contribution in [0, 0.1) is 0 Å². The fraction of sp³-hybridized carbons (Fsp3) is 0.312. The molecule has 1 aromatic carbocycles. The van der Waals surface area contributed by atoms with Crippen molar-refractivity contribution in [1.82, 2.24) is 5.32 Å². The summed E-state index contributed by atoms with van der Waals surface area (Å²) in [4.78, 5) is 12.9. The van der Waals surface area contributed by atoms with E-state index in [1.54, 1.807) is 0 Å². The van der Waals surface area contributed by atoms with Gasteiger partial charge >= 0.3 is 0 Å². The van der Waals surface area contributed by atoms with E-state index in [0.717, 1.165) is 20.8 Å². The highest BCUT2D eigenvalue weighted by Crippen LogP contribution is 2.36. The summed E-state index contributed by atoms with van der Waals surface area (Å²) in [5.41, 5.74) is 0.898. The average molecular weight is 382 g/mol. The van der Waals surface area contributed by atoms with Gasteiger partial charge in [0.1, 0.15) is 0 Å². The fourth-order valence-corrected chi connectivity index (χ4v) is 3.55. The number of nitrogens with one attached hydrogen (secondary N) is 1. The lowest BCUT2D eigenvalue weighted by Crippen LogP contribution is -2.36. The van der Waals surface area contributed by atoms with Crippen LogP contribution in [0.4, 0.5) is 0 Å². The number of carbonyl (C=O) groups is 1. The van der Waals surface area contributed by atoms with Crippen molar-refractivity contribution in [3.05, 3.63) is 44.6 Å². The SMILES string of the molecule is CC(C)(CNC(=O)c1ccc(Br)s1)c1ccc2c(c1)OCO2. The standard InChI is InChI=1S/C16H16BrNO3S/c1-16(2,8-18-15(19)13-5-6-14(17)22-13)10-3-4-11-12(7-10)21-9-20-11/h3-7H,8-9H2,1-2H3,(H,18,19). The Morgan fingerprint density at radius 3 is 2.77 bits per heavy atom. The predicted molar refractivity (Wildman–Crippen MR) is 89.9 cm³/mol. The molecule has 1 aliphatic rings. The first-order valence-corrected chi connectivity index (χ1v) is 8.50. The van der Waals surface area contributed by atoms with Crippen molar-refractivity contribution < 1.29 is 14.3 Å². The molecule has 0 saturated carbocycles. The van der Waals surface area contributed by atoms with Crippen LogP contribution in [-0.2, 0) is 5.41 Å². The van der Waals surface area contributed by atoms with Gasteiger partial charge in [-0.15, -0.1) is 11.3 Å². The Morgan fingerprint density at radius 1 is 1.27 bits per heavy atom. The molecule has 1 N–H and O–H groups in total. The van der Waals surface area contributed by atoms with Gasteiger partial charge in [-0.25, -0.2) is 0 Å². The summed E-state index contributed by atoms with van der Waals surface area (Å²) in [6, 6.07) is 9.61. The highest BCUT2D eigenvalue weighted by atomic mass is 79.9. The molecular weight excluding hydrogens is 366 g/mol. The van der Waals surface area contributed by atoms with Crippen LogP contribution >= 0.6 is 27.3 Å². The summed E-state index contributed by atoms with van der Waals surface area (Å²) in [7, 11) is 0. The lowest BCUT2D eigenvalue weighted by atomic mass is 9.84. The van der Waals surface area contributed by atoms with E-state index in [2.05, 4.69) is 35.1 Å². The largest absolute Gasteiger partial charge is 0.454 e. The molecule has 0 unspecified atom stereocenters. The lowest BCUT2D eigenvalue weighted by Gasteiger charge is -2.25. The number of hydrogen-bond acceptors (Lipinski definition) is 4. The minimum atomic E-state index is -0.203. The third-order valence-corrected chi connectivity index (χ3v) is 5.26. The number of thiophene rings is 1. The second kappa shape index (κ2) is 5.93. The first kappa shape index (κ1) is 15.4. The lowest BCUT2D eigenvalue weighted by molar-refractivity contribution is 0.0949. The Hall–Kier alpha value is -1.53. The Balaban J connectivity index is 1.69. The van der Waals surface area contributed by atoms with Crippen LogP contribution in [0.15, 0.2) is 34.1 Å². The summed E-state index contributed by atoms with van der Waals surface area (Å²) in [6.07, 6.45) is 0. The molecular formula is C16H16BrNO3S. The Morgan fingerprint density at radius 2 is 2.05 bits per heavy atom. The number of carbonyl (C=O) groups excluding carboxylic acids is 1. The van der Waals surface area contributed by atoms with E-state index < -0.39 is 0 Å². The first-order valence-electron chi connectivity index (χ1n) is 6.89. The second-order valence-corrected chi connectivity index (χ2v) is 8.20. The Kier molecular flexibility index (Phi) is 4.14. The van der Waals surface area contributed by atoms with Gasteiger partial charge < -0.3 is 14.8 Å². The molecule has 3 rings (SSSR count). The number of fused-ring (bicyclic) bond motifs is 1. The van der Waals surface area contributed by atoms with Gasteiger partial charge in [0.25, 0.3) is 5.91 Å². The van der Waals surface area contributed by atoms with Gasteiger partial charge in [-0.1, -0.05) is 19.9 Å². The maximum Gasteiger partial charge on any atom is 0.261 e. The zero-order valence-electron chi connectivity index (χ0n) is 12.3. The molecule has 0 saturated heterocycles. The van der Waals surface area contributed by atoms with E-state index in [1.165, 1.54) is 11.3 Å². The molecule has 1 aliphatic heterocycles. The molecule has 0 atom stereocenters. The molecule has 0 radical (unpaired) electrons. The zero-order chi connectivity index (χ0) is 15.7. The molecule has 116 valence electrons. The van der Waals surface area contributed by atoms with E-state index in [4.69, 9.17) is 9.47 Å². The Labute approximate surface area is 141 Å². The van der Waals surface area contributed by atoms with Crippen molar-refractivity contribution in [2.24, 2.45) is 0 Å². The van der Waals surface area contributed by atoms with Crippen LogP contribution in [0.25, 0.3) is 0 Å². The molecule has 2 heterocycles. The van der Waals surface area contributed by atoms with E-state index >= 15 is 0 Å². The van der Waals surface area contributed by atoms with Crippen molar-refractivity contribution >= 4 is 33.2 Å². The van der Waals surface area contributed by atoms with Crippen LogP contribution in [0.1, 0.15) is 29.1 Å². The summed E-state index contributed by atoms with van der Waals surface area (Å²) < 4.78 is 11.7. The molecule has 1 aromatic heterocycles. The van der Waals surface area contributed by atoms with Gasteiger partial charge in [-0.3, -0.25) is 4.79 Å². The van der Waals surface area contributed by atoms with Crippen molar-refractivity contribution in [3.63, 3.8) is 0 Å². The van der Waals surface area contributed by atoms with Crippen molar-refractivity contribution in [3.8, 4) is 11.5 Å². The number of ether oxygens (including phenoxy) is 2. The smallest absolute Gasteiger partial charge is 0.261 e. The number of rotatable bonds is 4. The highest BCUT2D eigenvalue weighted by molar-refractivity contribution is 9.11.